The van der Waals surface area contributed by atoms with E-state index < -0.39 is 0 Å². The number of halogens is 2. The van der Waals surface area contributed by atoms with Crippen LogP contribution in [0.15, 0.2) is 40.9 Å². The third kappa shape index (κ3) is 3.24. The summed E-state index contributed by atoms with van der Waals surface area (Å²) in [6.45, 7) is 0.474. The van der Waals surface area contributed by atoms with Gasteiger partial charge in [-0.1, -0.05) is 18.2 Å². The highest BCUT2D eigenvalue weighted by atomic mass is 79.9. The fraction of sp³-hybridized carbons (Fsp3) is 0.143. The number of methoxy groups -OCH3 is 1. The molecule has 3 nitrogen and oxygen atoms in total. The third-order valence-corrected chi connectivity index (χ3v) is 3.29. The van der Waals surface area contributed by atoms with Crippen LogP contribution in [0.25, 0.3) is 0 Å². The van der Waals surface area contributed by atoms with Crippen LogP contribution in [0.4, 0.5) is 21.5 Å². The van der Waals surface area contributed by atoms with E-state index in [-0.39, 0.29) is 5.82 Å². The summed E-state index contributed by atoms with van der Waals surface area (Å²) in [7, 11) is 1.63. The molecule has 5 heteroatoms. The van der Waals surface area contributed by atoms with E-state index in [1.54, 1.807) is 7.11 Å². The van der Waals surface area contributed by atoms with Crippen LogP contribution in [0.3, 0.4) is 0 Å². The van der Waals surface area contributed by atoms with Crippen LogP contribution in [0, 0.1) is 5.82 Å². The lowest BCUT2D eigenvalue weighted by Gasteiger charge is -2.13. The number of ether oxygens (including phenoxy) is 1. The van der Waals surface area contributed by atoms with Crippen molar-refractivity contribution in [2.45, 2.75) is 6.61 Å². The van der Waals surface area contributed by atoms with Gasteiger partial charge in [0, 0.05) is 24.4 Å². The zero-order valence-electron chi connectivity index (χ0n) is 10.4. The molecule has 0 spiro atoms. The van der Waals surface area contributed by atoms with Crippen molar-refractivity contribution in [3.63, 3.8) is 0 Å². The number of nitrogens with one attached hydrogen (secondary N) is 1. The molecule has 0 aromatic heterocycles. The Labute approximate surface area is 119 Å². The van der Waals surface area contributed by atoms with E-state index in [2.05, 4.69) is 21.2 Å². The molecule has 0 saturated carbocycles. The van der Waals surface area contributed by atoms with Gasteiger partial charge in [-0.25, -0.2) is 4.39 Å². The van der Waals surface area contributed by atoms with Crippen molar-refractivity contribution in [1.29, 1.82) is 0 Å². The summed E-state index contributed by atoms with van der Waals surface area (Å²) in [5, 5.41) is 3.13. The van der Waals surface area contributed by atoms with Gasteiger partial charge in [0.15, 0.2) is 0 Å². The maximum absolute atomic E-state index is 13.5. The van der Waals surface area contributed by atoms with Crippen molar-refractivity contribution >= 4 is 33.0 Å². The molecule has 0 bridgehead atoms. The minimum absolute atomic E-state index is 0.348. The lowest BCUT2D eigenvalue weighted by molar-refractivity contribution is 0.185. The van der Waals surface area contributed by atoms with Gasteiger partial charge in [-0.2, -0.15) is 0 Å². The average molecular weight is 325 g/mol. The molecule has 0 fully saturated rings. The number of para-hydroxylation sites is 1. The SMILES string of the molecule is COCc1ccccc1Nc1cc(F)c(Br)cc1N. The van der Waals surface area contributed by atoms with E-state index in [4.69, 9.17) is 10.5 Å². The highest BCUT2D eigenvalue weighted by Gasteiger charge is 2.08. The summed E-state index contributed by atoms with van der Waals surface area (Å²) in [6, 6.07) is 10.6. The molecule has 2 rings (SSSR count). The minimum atomic E-state index is -0.360. The van der Waals surface area contributed by atoms with Gasteiger partial charge in [0.05, 0.1) is 22.5 Å². The molecule has 0 unspecified atom stereocenters. The molecule has 19 heavy (non-hydrogen) atoms. The van der Waals surface area contributed by atoms with Crippen molar-refractivity contribution in [2.75, 3.05) is 18.2 Å². The molecule has 2 aromatic rings. The Morgan fingerprint density at radius 1 is 1.26 bits per heavy atom. The van der Waals surface area contributed by atoms with Gasteiger partial charge in [0.25, 0.3) is 0 Å². The largest absolute Gasteiger partial charge is 0.397 e. The number of hydrogen-bond donors (Lipinski definition) is 2. The second-order valence-corrected chi connectivity index (χ2v) is 4.92. The first kappa shape index (κ1) is 13.8. The summed E-state index contributed by atoms with van der Waals surface area (Å²) in [6.07, 6.45) is 0. The maximum atomic E-state index is 13.5. The predicted octanol–water partition coefficient (Wildman–Crippen LogP) is 4.06. The Hall–Kier alpha value is -1.59. The molecular weight excluding hydrogens is 311 g/mol. The second kappa shape index (κ2) is 6.04. The molecule has 0 amide bonds. The fourth-order valence-corrected chi connectivity index (χ4v) is 2.10. The summed E-state index contributed by atoms with van der Waals surface area (Å²) < 4.78 is 19.0. The smallest absolute Gasteiger partial charge is 0.139 e. The molecule has 2 aromatic carbocycles. The first-order valence-corrected chi connectivity index (χ1v) is 6.49. The van der Waals surface area contributed by atoms with E-state index >= 15 is 0 Å². The van der Waals surface area contributed by atoms with Crippen LogP contribution in [0.1, 0.15) is 5.56 Å². The number of nitrogen functional groups attached to an aromatic ring is 1. The van der Waals surface area contributed by atoms with E-state index in [9.17, 15) is 4.39 Å². The zero-order chi connectivity index (χ0) is 13.8. The molecule has 0 saturated heterocycles. The minimum Gasteiger partial charge on any atom is -0.397 e. The van der Waals surface area contributed by atoms with E-state index in [0.717, 1.165) is 11.3 Å². The van der Waals surface area contributed by atoms with Crippen molar-refractivity contribution in [2.24, 2.45) is 0 Å². The fourth-order valence-electron chi connectivity index (χ4n) is 1.74. The van der Waals surface area contributed by atoms with Gasteiger partial charge in [0.1, 0.15) is 5.82 Å². The predicted molar refractivity (Wildman–Crippen MR) is 79.0 cm³/mol. The van der Waals surface area contributed by atoms with Gasteiger partial charge in [-0.15, -0.1) is 0 Å². The summed E-state index contributed by atoms with van der Waals surface area (Å²) >= 11 is 3.10. The van der Waals surface area contributed by atoms with Crippen LogP contribution < -0.4 is 11.1 Å². The highest BCUT2D eigenvalue weighted by Crippen LogP contribution is 2.30. The van der Waals surface area contributed by atoms with Gasteiger partial charge < -0.3 is 15.8 Å². The van der Waals surface area contributed by atoms with Gasteiger partial charge >= 0.3 is 0 Å². The Bertz CT molecular complexity index is 590. The van der Waals surface area contributed by atoms with Crippen LogP contribution in [0.2, 0.25) is 0 Å². The summed E-state index contributed by atoms with van der Waals surface area (Å²) in [5.74, 6) is -0.360. The number of hydrogen-bond acceptors (Lipinski definition) is 3. The topological polar surface area (TPSA) is 47.3 Å². The van der Waals surface area contributed by atoms with Gasteiger partial charge in [-0.3, -0.25) is 0 Å². The number of benzene rings is 2. The van der Waals surface area contributed by atoms with Crippen LogP contribution >= 0.6 is 15.9 Å². The molecule has 0 heterocycles. The molecule has 3 N–H and O–H groups in total. The Morgan fingerprint density at radius 2 is 2.00 bits per heavy atom. The summed E-state index contributed by atoms with van der Waals surface area (Å²) in [4.78, 5) is 0. The Balaban J connectivity index is 2.33. The zero-order valence-corrected chi connectivity index (χ0v) is 12.0. The van der Waals surface area contributed by atoms with Crippen molar-refractivity contribution in [3.05, 3.63) is 52.3 Å². The highest BCUT2D eigenvalue weighted by molar-refractivity contribution is 9.10. The van der Waals surface area contributed by atoms with Gasteiger partial charge in [-0.05, 0) is 28.1 Å². The molecule has 0 aliphatic carbocycles. The molecular formula is C14H14BrFN2O. The lowest BCUT2D eigenvalue weighted by Crippen LogP contribution is -2.01. The normalized spacial score (nSPS) is 10.5. The molecule has 0 aliphatic heterocycles. The quantitative estimate of drug-likeness (QED) is 0.834. The molecule has 0 aliphatic rings. The Morgan fingerprint density at radius 3 is 2.74 bits per heavy atom. The Kier molecular flexibility index (Phi) is 4.39. The standard InChI is InChI=1S/C14H14BrFN2O/c1-19-8-9-4-2-3-5-13(9)18-14-7-11(16)10(15)6-12(14)17/h2-7,18H,8,17H2,1H3. The van der Waals surface area contributed by atoms with Crippen molar-refractivity contribution in [1.82, 2.24) is 0 Å². The monoisotopic (exact) mass is 324 g/mol. The molecule has 100 valence electrons. The van der Waals surface area contributed by atoms with Crippen molar-refractivity contribution < 1.29 is 9.13 Å². The first-order valence-electron chi connectivity index (χ1n) is 5.70. The average Bonchev–Trinajstić information content (AvgIpc) is 2.38. The van der Waals surface area contributed by atoms with E-state index in [1.165, 1.54) is 12.1 Å². The van der Waals surface area contributed by atoms with Crippen molar-refractivity contribution in [3.8, 4) is 0 Å². The molecule has 0 radical (unpaired) electrons. The molecule has 0 atom stereocenters. The van der Waals surface area contributed by atoms with Gasteiger partial charge in [0.2, 0.25) is 0 Å². The van der Waals surface area contributed by atoms with Crippen LogP contribution in [0.5, 0.6) is 0 Å². The van der Waals surface area contributed by atoms with E-state index in [0.29, 0.717) is 22.5 Å². The maximum Gasteiger partial charge on any atom is 0.139 e. The second-order valence-electron chi connectivity index (χ2n) is 4.07. The van der Waals surface area contributed by atoms with Crippen LogP contribution in [-0.2, 0) is 11.3 Å². The summed E-state index contributed by atoms with van der Waals surface area (Å²) in [5.41, 5.74) is 8.70. The number of rotatable bonds is 4. The van der Waals surface area contributed by atoms with Crippen LogP contribution in [-0.4, -0.2) is 7.11 Å². The number of anilines is 3. The third-order valence-electron chi connectivity index (χ3n) is 2.68. The van der Waals surface area contributed by atoms with E-state index in [1.807, 2.05) is 24.3 Å². The first-order chi connectivity index (χ1) is 9.11. The number of nitrogens with two attached hydrogens (primary N) is 1. The lowest BCUT2D eigenvalue weighted by atomic mass is 10.1.